The fraction of sp³-hybridized carbons (Fsp3) is 0.0476. The second-order valence-corrected chi connectivity index (χ2v) is 12.2. The third-order valence-corrected chi connectivity index (χ3v) is 8.86. The molecule has 0 atom stereocenters. The van der Waals surface area contributed by atoms with E-state index in [0.29, 0.717) is 13.2 Å². The molecule has 52 heavy (non-hydrogen) atoms. The summed E-state index contributed by atoms with van der Waals surface area (Å²) in [4.78, 5) is 20.7. The molecule has 255 valence electrons. The maximum atomic E-state index is 11.3. The Morgan fingerprint density at radius 2 is 1.06 bits per heavy atom. The zero-order chi connectivity index (χ0) is 36.5. The van der Waals surface area contributed by atoms with Crippen molar-refractivity contribution in [2.45, 2.75) is 12.8 Å². The highest BCUT2D eigenvalue weighted by molar-refractivity contribution is 6.30. The van der Waals surface area contributed by atoms with Crippen LogP contribution < -0.4 is 4.65 Å². The quantitative estimate of drug-likeness (QED) is 0.100. The molecule has 0 amide bonds. The monoisotopic (exact) mass is 705 g/mol. The topological polar surface area (TPSA) is 116 Å². The van der Waals surface area contributed by atoms with Gasteiger partial charge < -0.3 is 9.68 Å². The molecule has 0 aromatic heterocycles. The summed E-state index contributed by atoms with van der Waals surface area (Å²) < 4.78 is 4.49. The van der Waals surface area contributed by atoms with Crippen LogP contribution in [0.1, 0.15) is 33.4 Å². The molecule has 0 aliphatic heterocycles. The number of nitro benzene ring substituents is 2. The lowest BCUT2D eigenvalue weighted by Crippen LogP contribution is -2.02. The lowest BCUT2D eigenvalue weighted by Gasteiger charge is -2.09. The van der Waals surface area contributed by atoms with E-state index >= 15 is 0 Å². The number of nitrogens with zero attached hydrogens (tertiary/aromatic N) is 2. The van der Waals surface area contributed by atoms with Gasteiger partial charge in [-0.2, -0.15) is 0 Å². The number of hydrogen-bond donors (Lipinski definition) is 1. The highest BCUT2D eigenvalue weighted by Crippen LogP contribution is 2.38. The fourth-order valence-electron chi connectivity index (χ4n) is 6.25. The molecule has 6 aromatic carbocycles. The van der Waals surface area contributed by atoms with Crippen LogP contribution >= 0.6 is 11.6 Å². The van der Waals surface area contributed by atoms with Crippen molar-refractivity contribution in [2.75, 3.05) is 0 Å². The number of nitro groups is 2. The minimum absolute atomic E-state index is 0.0185. The minimum atomic E-state index is -0.584. The van der Waals surface area contributed by atoms with E-state index in [4.69, 9.17) is 16.6 Å². The van der Waals surface area contributed by atoms with Crippen LogP contribution in [0, 0.1) is 20.2 Å². The molecule has 8 rings (SSSR count). The first-order valence-corrected chi connectivity index (χ1v) is 16.7. The van der Waals surface area contributed by atoms with Crippen LogP contribution in [-0.4, -0.2) is 22.6 Å². The molecule has 1 N–H and O–H groups in total. The summed E-state index contributed by atoms with van der Waals surface area (Å²) in [5.74, 6) is 0.0185. The Morgan fingerprint density at radius 1 is 0.558 bits per heavy atom. The van der Waals surface area contributed by atoms with E-state index in [1.54, 1.807) is 24.3 Å². The van der Waals surface area contributed by atoms with Crippen molar-refractivity contribution in [3.05, 3.63) is 216 Å². The van der Waals surface area contributed by atoms with E-state index < -0.39 is 4.92 Å². The largest absolute Gasteiger partial charge is 0.569 e. The maximum absolute atomic E-state index is 11.3. The lowest BCUT2D eigenvalue weighted by molar-refractivity contribution is -0.385. The number of fused-ring (bicyclic) bond motifs is 2. The van der Waals surface area contributed by atoms with E-state index in [9.17, 15) is 20.2 Å². The SMILES string of the molecule is Clc1ccc2c(c1)CC=C2c1ccccc1.O=[N+]([O-])c1ccccc1-c1ccc2c(c1)CC=C2c1ccccc1.O=[N+]([O-])c1ccccc1O[B]O. The van der Waals surface area contributed by atoms with Gasteiger partial charge in [-0.1, -0.05) is 127 Å². The van der Waals surface area contributed by atoms with E-state index in [-0.39, 0.29) is 22.0 Å². The molecule has 0 saturated carbocycles. The smallest absolute Gasteiger partial charge is 0.533 e. The first kappa shape index (κ1) is 35.5. The number of allylic oxidation sites excluding steroid dienone is 2. The van der Waals surface area contributed by atoms with Gasteiger partial charge in [-0.15, -0.1) is 0 Å². The van der Waals surface area contributed by atoms with Gasteiger partial charge in [0.25, 0.3) is 5.69 Å². The van der Waals surface area contributed by atoms with Gasteiger partial charge in [-0.25, -0.2) is 0 Å². The van der Waals surface area contributed by atoms with Crippen molar-refractivity contribution in [3.8, 4) is 16.9 Å². The molecule has 1 radical (unpaired) electrons. The average molecular weight is 706 g/mol. The van der Waals surface area contributed by atoms with Crippen LogP contribution in [0.5, 0.6) is 5.75 Å². The second-order valence-electron chi connectivity index (χ2n) is 11.8. The zero-order valence-corrected chi connectivity index (χ0v) is 28.5. The molecule has 8 nitrogen and oxygen atoms in total. The van der Waals surface area contributed by atoms with Crippen LogP contribution in [-0.2, 0) is 12.8 Å². The van der Waals surface area contributed by atoms with Crippen LogP contribution in [0.25, 0.3) is 22.3 Å². The van der Waals surface area contributed by atoms with Crippen molar-refractivity contribution in [3.63, 3.8) is 0 Å². The summed E-state index contributed by atoms with van der Waals surface area (Å²) in [5.41, 5.74) is 11.6. The number of para-hydroxylation sites is 3. The van der Waals surface area contributed by atoms with Gasteiger partial charge in [0.2, 0.25) is 0 Å². The molecule has 0 spiro atoms. The van der Waals surface area contributed by atoms with Gasteiger partial charge >= 0.3 is 13.4 Å². The molecular weight excluding hydrogens is 675 g/mol. The Bertz CT molecular complexity index is 2290. The predicted octanol–water partition coefficient (Wildman–Crippen LogP) is 10.1. The van der Waals surface area contributed by atoms with Crippen molar-refractivity contribution in [2.24, 2.45) is 0 Å². The molecule has 0 saturated heterocycles. The number of hydrogen-bond acceptors (Lipinski definition) is 6. The Hall–Kier alpha value is -6.29. The summed E-state index contributed by atoms with van der Waals surface area (Å²) >= 11 is 5.99. The van der Waals surface area contributed by atoms with Crippen LogP contribution in [0.15, 0.2) is 158 Å². The molecule has 10 heteroatoms. The van der Waals surface area contributed by atoms with Crippen molar-refractivity contribution < 1.29 is 19.5 Å². The van der Waals surface area contributed by atoms with Crippen molar-refractivity contribution in [1.82, 2.24) is 0 Å². The summed E-state index contributed by atoms with van der Waals surface area (Å²) in [6.45, 7) is 0. The number of rotatable bonds is 7. The van der Waals surface area contributed by atoms with Gasteiger partial charge in [-0.3, -0.25) is 20.2 Å². The first-order valence-electron chi connectivity index (χ1n) is 16.4. The molecule has 0 unspecified atom stereocenters. The van der Waals surface area contributed by atoms with Gasteiger partial charge in [0.05, 0.1) is 15.4 Å². The maximum Gasteiger partial charge on any atom is 0.569 e. The molecule has 2 aliphatic carbocycles. The van der Waals surface area contributed by atoms with E-state index in [1.165, 1.54) is 62.7 Å². The normalized spacial score (nSPS) is 12.0. The number of halogens is 1. The van der Waals surface area contributed by atoms with Crippen LogP contribution in [0.3, 0.4) is 0 Å². The summed E-state index contributed by atoms with van der Waals surface area (Å²) in [6, 6.07) is 45.7. The Kier molecular flexibility index (Phi) is 11.4. The molecule has 0 bridgehead atoms. The fourth-order valence-corrected chi connectivity index (χ4v) is 6.45. The first-order chi connectivity index (χ1) is 25.3. The van der Waals surface area contributed by atoms with Gasteiger partial charge in [0.1, 0.15) is 0 Å². The summed E-state index contributed by atoms with van der Waals surface area (Å²) in [7, 11) is 0.405. The van der Waals surface area contributed by atoms with Crippen LogP contribution in [0.4, 0.5) is 11.4 Å². The van der Waals surface area contributed by atoms with Gasteiger partial charge in [0.15, 0.2) is 5.75 Å². The summed E-state index contributed by atoms with van der Waals surface area (Å²) in [6.07, 6.45) is 6.34. The van der Waals surface area contributed by atoms with Gasteiger partial charge in [0, 0.05) is 17.2 Å². The third kappa shape index (κ3) is 8.19. The second kappa shape index (κ2) is 16.6. The van der Waals surface area contributed by atoms with E-state index in [2.05, 4.69) is 77.5 Å². The third-order valence-electron chi connectivity index (χ3n) is 8.63. The standard InChI is InChI=1S/C21H15NO2.C15H11Cl.C6H5BNO4/c23-22(24)21-9-5-4-8-20(21)17-11-13-19-16(14-17)10-12-18(19)15-6-2-1-3-7-15;16-13-7-9-15-12(10-13)6-8-14(15)11-4-2-1-3-5-11;9-7-12-6-4-2-1-3-5(6)8(10)11/h1-9,11-14H,10H2;1-5,7-10H,6H2;1-4,9H. The van der Waals surface area contributed by atoms with Crippen LogP contribution in [0.2, 0.25) is 5.02 Å². The Balaban J connectivity index is 0.000000144. The Labute approximate surface area is 306 Å². The number of benzene rings is 6. The van der Waals surface area contributed by atoms with Crippen molar-refractivity contribution >= 4 is 41.8 Å². The van der Waals surface area contributed by atoms with Gasteiger partial charge in [-0.05, 0) is 93.3 Å². The molecule has 0 heterocycles. The summed E-state index contributed by atoms with van der Waals surface area (Å²) in [5, 5.41) is 30.7. The van der Waals surface area contributed by atoms with Crippen molar-refractivity contribution in [1.29, 1.82) is 0 Å². The zero-order valence-electron chi connectivity index (χ0n) is 27.8. The molecular formula is C42H31BClN2O6. The Morgan fingerprint density at radius 3 is 1.63 bits per heavy atom. The lowest BCUT2D eigenvalue weighted by atomic mass is 9.95. The highest BCUT2D eigenvalue weighted by Gasteiger charge is 2.20. The predicted molar refractivity (Wildman–Crippen MR) is 206 cm³/mol. The molecule has 0 fully saturated rings. The average Bonchev–Trinajstić information content (AvgIpc) is 3.80. The van der Waals surface area contributed by atoms with E-state index in [0.717, 1.165) is 23.4 Å². The minimum Gasteiger partial charge on any atom is -0.533 e. The highest BCUT2D eigenvalue weighted by atomic mass is 35.5. The molecule has 6 aromatic rings. The molecule has 2 aliphatic rings. The van der Waals surface area contributed by atoms with E-state index in [1.807, 2.05) is 42.5 Å².